The number of carbonyl (C=O) groups excluding carboxylic acids is 1. The third kappa shape index (κ3) is 4.38. The number of fused-ring (bicyclic) bond motifs is 1. The summed E-state index contributed by atoms with van der Waals surface area (Å²) in [6, 6.07) is 8.16. The maximum absolute atomic E-state index is 11.7. The van der Waals surface area contributed by atoms with Gasteiger partial charge in [0.05, 0.1) is 24.9 Å². The highest BCUT2D eigenvalue weighted by atomic mass is 16.5. The fourth-order valence-electron chi connectivity index (χ4n) is 3.41. The van der Waals surface area contributed by atoms with Gasteiger partial charge >= 0.3 is 0 Å². The number of benzene rings is 1. The predicted octanol–water partition coefficient (Wildman–Crippen LogP) is 3.65. The molecule has 1 aromatic carbocycles. The van der Waals surface area contributed by atoms with Gasteiger partial charge in [-0.2, -0.15) is 0 Å². The Morgan fingerprint density at radius 2 is 2.11 bits per heavy atom. The van der Waals surface area contributed by atoms with Crippen LogP contribution in [-0.4, -0.2) is 33.9 Å². The van der Waals surface area contributed by atoms with Gasteiger partial charge in [0.15, 0.2) is 0 Å². The largest absolute Gasteiger partial charge is 0.493 e. The zero-order valence-corrected chi connectivity index (χ0v) is 16.6. The molecule has 0 spiro atoms. The van der Waals surface area contributed by atoms with E-state index >= 15 is 0 Å². The minimum Gasteiger partial charge on any atom is -0.493 e. The third-order valence-corrected chi connectivity index (χ3v) is 4.82. The third-order valence-electron chi connectivity index (χ3n) is 4.82. The molecule has 1 aliphatic heterocycles. The minimum atomic E-state index is 0.0438. The summed E-state index contributed by atoms with van der Waals surface area (Å²) in [4.78, 5) is 22.8. The molecule has 0 saturated heterocycles. The van der Waals surface area contributed by atoms with Crippen molar-refractivity contribution < 1.29 is 9.53 Å². The Balaban J connectivity index is 1.85. The van der Waals surface area contributed by atoms with E-state index in [0.29, 0.717) is 25.5 Å². The second kappa shape index (κ2) is 8.37. The number of rotatable bonds is 6. The molecule has 1 atom stereocenters. The SMILES string of the molecule is CCCOc1ccccc1[C@H](C)Nc1nc(C)nc2c1CCN(C(C)=O)C2. The van der Waals surface area contributed by atoms with Gasteiger partial charge in [0.1, 0.15) is 17.4 Å². The Labute approximate surface area is 161 Å². The molecule has 0 fully saturated rings. The van der Waals surface area contributed by atoms with Gasteiger partial charge in [-0.15, -0.1) is 0 Å². The first-order valence-electron chi connectivity index (χ1n) is 9.59. The normalized spacial score (nSPS) is 14.4. The summed E-state index contributed by atoms with van der Waals surface area (Å²) in [6.45, 7) is 9.66. The zero-order valence-electron chi connectivity index (χ0n) is 16.6. The molecular formula is C21H28N4O2. The van der Waals surface area contributed by atoms with E-state index in [-0.39, 0.29) is 11.9 Å². The van der Waals surface area contributed by atoms with Crippen molar-refractivity contribution in [1.82, 2.24) is 14.9 Å². The first kappa shape index (κ1) is 19.1. The molecular weight excluding hydrogens is 340 g/mol. The highest BCUT2D eigenvalue weighted by molar-refractivity contribution is 5.73. The van der Waals surface area contributed by atoms with Crippen LogP contribution in [0, 0.1) is 6.92 Å². The summed E-state index contributed by atoms with van der Waals surface area (Å²) in [5.41, 5.74) is 3.16. The molecule has 6 nitrogen and oxygen atoms in total. The highest BCUT2D eigenvalue weighted by Gasteiger charge is 2.24. The van der Waals surface area contributed by atoms with Gasteiger partial charge in [-0.25, -0.2) is 9.97 Å². The zero-order chi connectivity index (χ0) is 19.4. The number of para-hydroxylation sites is 1. The van der Waals surface area contributed by atoms with Crippen molar-refractivity contribution in [3.8, 4) is 5.75 Å². The lowest BCUT2D eigenvalue weighted by atomic mass is 10.0. The van der Waals surface area contributed by atoms with Gasteiger partial charge in [0, 0.05) is 24.6 Å². The van der Waals surface area contributed by atoms with Gasteiger partial charge in [0.2, 0.25) is 5.91 Å². The molecule has 1 aliphatic rings. The van der Waals surface area contributed by atoms with Crippen LogP contribution in [0.3, 0.4) is 0 Å². The molecule has 1 N–H and O–H groups in total. The summed E-state index contributed by atoms with van der Waals surface area (Å²) < 4.78 is 5.91. The lowest BCUT2D eigenvalue weighted by Crippen LogP contribution is -2.35. The number of aryl methyl sites for hydroxylation is 1. The summed E-state index contributed by atoms with van der Waals surface area (Å²) >= 11 is 0. The minimum absolute atomic E-state index is 0.0438. The van der Waals surface area contributed by atoms with Crippen molar-refractivity contribution >= 4 is 11.7 Å². The van der Waals surface area contributed by atoms with Crippen LogP contribution < -0.4 is 10.1 Å². The lowest BCUT2D eigenvalue weighted by molar-refractivity contribution is -0.129. The number of nitrogens with zero attached hydrogens (tertiary/aromatic N) is 3. The number of amides is 1. The van der Waals surface area contributed by atoms with Crippen LogP contribution in [0.4, 0.5) is 5.82 Å². The van der Waals surface area contributed by atoms with Crippen molar-refractivity contribution in [3.63, 3.8) is 0 Å². The average Bonchev–Trinajstić information content (AvgIpc) is 2.65. The van der Waals surface area contributed by atoms with Gasteiger partial charge in [-0.1, -0.05) is 25.1 Å². The van der Waals surface area contributed by atoms with Crippen LogP contribution in [0.1, 0.15) is 55.9 Å². The van der Waals surface area contributed by atoms with E-state index in [1.165, 1.54) is 0 Å². The molecule has 2 aromatic rings. The Morgan fingerprint density at radius 3 is 2.85 bits per heavy atom. The number of nitrogens with one attached hydrogen (secondary N) is 1. The van der Waals surface area contributed by atoms with Gasteiger partial charge in [-0.3, -0.25) is 4.79 Å². The molecule has 1 aromatic heterocycles. The van der Waals surface area contributed by atoms with Gasteiger partial charge in [-0.05, 0) is 32.8 Å². The smallest absolute Gasteiger partial charge is 0.219 e. The fraction of sp³-hybridized carbons (Fsp3) is 0.476. The van der Waals surface area contributed by atoms with Crippen LogP contribution in [0.5, 0.6) is 5.75 Å². The average molecular weight is 368 g/mol. The van der Waals surface area contributed by atoms with Crippen LogP contribution >= 0.6 is 0 Å². The molecule has 0 bridgehead atoms. The Hall–Kier alpha value is -2.63. The quantitative estimate of drug-likeness (QED) is 0.843. The molecule has 2 heterocycles. The maximum atomic E-state index is 11.7. The van der Waals surface area contributed by atoms with Crippen LogP contribution in [0.25, 0.3) is 0 Å². The summed E-state index contributed by atoms with van der Waals surface area (Å²) in [5, 5.41) is 3.55. The first-order chi connectivity index (χ1) is 13.0. The number of hydrogen-bond donors (Lipinski definition) is 1. The molecule has 1 amide bonds. The topological polar surface area (TPSA) is 67.3 Å². The molecule has 0 aliphatic carbocycles. The van der Waals surface area contributed by atoms with Crippen LogP contribution in [0.2, 0.25) is 0 Å². The molecule has 0 saturated carbocycles. The van der Waals surface area contributed by atoms with Crippen molar-refractivity contribution in [2.24, 2.45) is 0 Å². The van der Waals surface area contributed by atoms with E-state index in [1.807, 2.05) is 30.0 Å². The molecule has 0 unspecified atom stereocenters. The van der Waals surface area contributed by atoms with Crippen molar-refractivity contribution in [2.45, 2.75) is 53.1 Å². The van der Waals surface area contributed by atoms with E-state index < -0.39 is 0 Å². The second-order valence-corrected chi connectivity index (χ2v) is 6.99. The molecule has 6 heteroatoms. The number of carbonyl (C=O) groups is 1. The second-order valence-electron chi connectivity index (χ2n) is 6.99. The summed E-state index contributed by atoms with van der Waals surface area (Å²) in [7, 11) is 0. The van der Waals surface area contributed by atoms with E-state index in [4.69, 9.17) is 4.74 Å². The van der Waals surface area contributed by atoms with Crippen molar-refractivity contribution in [3.05, 3.63) is 46.9 Å². The number of aromatic nitrogens is 2. The first-order valence-corrected chi connectivity index (χ1v) is 9.59. The van der Waals surface area contributed by atoms with Crippen molar-refractivity contribution in [1.29, 1.82) is 0 Å². The number of ether oxygens (including phenoxy) is 1. The van der Waals surface area contributed by atoms with E-state index in [0.717, 1.165) is 41.2 Å². The summed E-state index contributed by atoms with van der Waals surface area (Å²) in [6.07, 6.45) is 1.74. The van der Waals surface area contributed by atoms with E-state index in [1.54, 1.807) is 6.92 Å². The molecule has 3 rings (SSSR count). The number of hydrogen-bond acceptors (Lipinski definition) is 5. The molecule has 144 valence electrons. The van der Waals surface area contributed by atoms with Crippen LogP contribution in [0.15, 0.2) is 24.3 Å². The Kier molecular flexibility index (Phi) is 5.94. The van der Waals surface area contributed by atoms with Crippen molar-refractivity contribution in [2.75, 3.05) is 18.5 Å². The van der Waals surface area contributed by atoms with Gasteiger partial charge < -0.3 is 15.0 Å². The monoisotopic (exact) mass is 368 g/mol. The van der Waals surface area contributed by atoms with E-state index in [9.17, 15) is 4.79 Å². The van der Waals surface area contributed by atoms with E-state index in [2.05, 4.69) is 35.2 Å². The summed E-state index contributed by atoms with van der Waals surface area (Å²) in [5.74, 6) is 2.56. The standard InChI is InChI=1S/C21H28N4O2/c1-5-12-27-20-9-7-6-8-17(20)14(2)22-21-18-10-11-25(16(4)26)13-19(18)23-15(3)24-21/h6-9,14H,5,10-13H2,1-4H3,(H,22,23,24)/t14-/m0/s1. The van der Waals surface area contributed by atoms with Crippen LogP contribution in [-0.2, 0) is 17.8 Å². The highest BCUT2D eigenvalue weighted by Crippen LogP contribution is 2.30. The Bertz CT molecular complexity index is 822. The Morgan fingerprint density at radius 1 is 1.33 bits per heavy atom. The molecule has 27 heavy (non-hydrogen) atoms. The van der Waals surface area contributed by atoms with Gasteiger partial charge in [0.25, 0.3) is 0 Å². The molecule has 0 radical (unpaired) electrons. The maximum Gasteiger partial charge on any atom is 0.219 e. The number of anilines is 1. The predicted molar refractivity (Wildman–Crippen MR) is 106 cm³/mol. The fourth-order valence-corrected chi connectivity index (χ4v) is 3.41. The lowest BCUT2D eigenvalue weighted by Gasteiger charge is -2.29.